The minimum Gasteiger partial charge on any atom is -0.387 e. The zero-order chi connectivity index (χ0) is 11.1. The summed E-state index contributed by atoms with van der Waals surface area (Å²) in [6.07, 6.45) is 0.247. The SMILES string of the molecule is CC1C[C@@H](O)C[N+]1(C(N)=O)C(C)(C)C. The maximum absolute atomic E-state index is 11.6. The molecule has 82 valence electrons. The molecule has 4 heteroatoms. The molecule has 0 radical (unpaired) electrons. The molecule has 2 unspecified atom stereocenters. The van der Waals surface area contributed by atoms with E-state index < -0.39 is 6.10 Å². The van der Waals surface area contributed by atoms with Crippen molar-refractivity contribution < 1.29 is 14.4 Å². The molecule has 0 aromatic rings. The number of urea groups is 1. The Bertz CT molecular complexity index is 247. The number of aliphatic hydroxyl groups is 1. The summed E-state index contributed by atoms with van der Waals surface area (Å²) in [6.45, 7) is 8.40. The van der Waals surface area contributed by atoms with Crippen molar-refractivity contribution in [1.29, 1.82) is 0 Å². The van der Waals surface area contributed by atoms with Crippen molar-refractivity contribution in [3.8, 4) is 0 Å². The van der Waals surface area contributed by atoms with Crippen LogP contribution >= 0.6 is 0 Å². The van der Waals surface area contributed by atoms with Gasteiger partial charge in [0.2, 0.25) is 0 Å². The van der Waals surface area contributed by atoms with Crippen LogP contribution in [0.2, 0.25) is 0 Å². The third-order valence-electron chi connectivity index (χ3n) is 3.45. The van der Waals surface area contributed by atoms with Crippen LogP contribution in [0.1, 0.15) is 34.1 Å². The van der Waals surface area contributed by atoms with E-state index in [4.69, 9.17) is 5.73 Å². The van der Waals surface area contributed by atoms with E-state index in [0.29, 0.717) is 13.0 Å². The van der Waals surface area contributed by atoms with Gasteiger partial charge in [-0.15, -0.1) is 0 Å². The standard InChI is InChI=1S/C10H20N2O2/c1-7-5-8(13)6-12(7,9(11)14)10(2,3)4/h7-8,13H,5-6H2,1-4H3,(H-,11,14)/p+1/t7?,8-,12?/m1/s1. The number of likely N-dealkylation sites (tertiary alicyclic amines) is 1. The van der Waals surface area contributed by atoms with E-state index in [1.54, 1.807) is 0 Å². The lowest BCUT2D eigenvalue weighted by molar-refractivity contribution is -0.906. The number of hydrogen-bond donors (Lipinski definition) is 2. The van der Waals surface area contributed by atoms with Crippen molar-refractivity contribution in [3.05, 3.63) is 0 Å². The van der Waals surface area contributed by atoms with Crippen molar-refractivity contribution >= 4 is 6.03 Å². The normalized spacial score (nSPS) is 38.6. The highest BCUT2D eigenvalue weighted by molar-refractivity contribution is 5.65. The highest BCUT2D eigenvalue weighted by Crippen LogP contribution is 2.36. The van der Waals surface area contributed by atoms with Crippen LogP contribution in [0.5, 0.6) is 0 Å². The Morgan fingerprint density at radius 2 is 2.00 bits per heavy atom. The molecule has 3 N–H and O–H groups in total. The Hall–Kier alpha value is -0.610. The minimum absolute atomic E-state index is 0.0995. The second-order valence-corrected chi connectivity index (χ2v) is 5.30. The number of amides is 2. The van der Waals surface area contributed by atoms with Crippen molar-refractivity contribution in [2.45, 2.75) is 51.8 Å². The molecule has 1 heterocycles. The number of quaternary nitrogens is 1. The molecule has 0 aromatic carbocycles. The molecule has 3 atom stereocenters. The lowest BCUT2D eigenvalue weighted by atomic mass is 10.0. The van der Waals surface area contributed by atoms with E-state index in [9.17, 15) is 9.90 Å². The van der Waals surface area contributed by atoms with E-state index in [-0.39, 0.29) is 22.1 Å². The number of carbonyl (C=O) groups excluding carboxylic acids is 1. The summed E-state index contributed by atoms with van der Waals surface area (Å²) < 4.78 is 0.189. The van der Waals surface area contributed by atoms with Gasteiger partial charge >= 0.3 is 6.03 Å². The second kappa shape index (κ2) is 3.21. The van der Waals surface area contributed by atoms with Crippen LogP contribution in [0.15, 0.2) is 0 Å². The molecule has 1 aliphatic heterocycles. The van der Waals surface area contributed by atoms with Crippen LogP contribution in [0.25, 0.3) is 0 Å². The van der Waals surface area contributed by atoms with Gasteiger partial charge in [-0.3, -0.25) is 0 Å². The molecular formula is C10H21N2O2+. The van der Waals surface area contributed by atoms with Gasteiger partial charge in [0, 0.05) is 6.42 Å². The summed E-state index contributed by atoms with van der Waals surface area (Å²) in [5.74, 6) is 0. The van der Waals surface area contributed by atoms with E-state index in [1.807, 2.05) is 27.7 Å². The highest BCUT2D eigenvalue weighted by atomic mass is 16.3. The first-order valence-electron chi connectivity index (χ1n) is 5.07. The summed E-state index contributed by atoms with van der Waals surface area (Å²) in [5.41, 5.74) is 5.25. The molecule has 0 saturated carbocycles. The van der Waals surface area contributed by atoms with Gasteiger partial charge in [0.15, 0.2) is 0 Å². The highest BCUT2D eigenvalue weighted by Gasteiger charge is 2.55. The van der Waals surface area contributed by atoms with Gasteiger partial charge < -0.3 is 10.8 Å². The topological polar surface area (TPSA) is 63.3 Å². The quantitative estimate of drug-likeness (QED) is 0.570. The Morgan fingerprint density at radius 1 is 1.50 bits per heavy atom. The fourth-order valence-electron chi connectivity index (χ4n) is 2.73. The van der Waals surface area contributed by atoms with Crippen molar-refractivity contribution in [2.75, 3.05) is 6.54 Å². The number of primary amides is 1. The van der Waals surface area contributed by atoms with Gasteiger partial charge in [-0.1, -0.05) is 0 Å². The molecule has 14 heavy (non-hydrogen) atoms. The summed E-state index contributed by atoms with van der Waals surface area (Å²) in [4.78, 5) is 11.6. The van der Waals surface area contributed by atoms with Crippen LogP contribution in [-0.4, -0.2) is 39.9 Å². The van der Waals surface area contributed by atoms with Gasteiger partial charge in [0.05, 0.1) is 11.6 Å². The third kappa shape index (κ3) is 1.42. The molecule has 1 saturated heterocycles. The number of carbonyl (C=O) groups is 1. The van der Waals surface area contributed by atoms with Gasteiger partial charge in [0.25, 0.3) is 0 Å². The maximum atomic E-state index is 11.6. The third-order valence-corrected chi connectivity index (χ3v) is 3.45. The molecular weight excluding hydrogens is 180 g/mol. The summed E-state index contributed by atoms with van der Waals surface area (Å²) in [6, 6.07) is -0.232. The molecule has 0 bridgehead atoms. The number of nitrogens with zero attached hydrogens (tertiary/aromatic N) is 1. The van der Waals surface area contributed by atoms with Crippen LogP contribution in [0.3, 0.4) is 0 Å². The average molecular weight is 201 g/mol. The second-order valence-electron chi connectivity index (χ2n) is 5.30. The van der Waals surface area contributed by atoms with Crippen molar-refractivity contribution in [1.82, 2.24) is 0 Å². The lowest BCUT2D eigenvalue weighted by Gasteiger charge is -2.44. The number of aliphatic hydroxyl groups excluding tert-OH is 1. The Labute approximate surface area is 85.3 Å². The van der Waals surface area contributed by atoms with E-state index >= 15 is 0 Å². The largest absolute Gasteiger partial charge is 0.414 e. The smallest absolute Gasteiger partial charge is 0.387 e. The zero-order valence-electron chi connectivity index (χ0n) is 9.45. The number of rotatable bonds is 0. The monoisotopic (exact) mass is 201 g/mol. The van der Waals surface area contributed by atoms with E-state index in [2.05, 4.69) is 0 Å². The summed E-state index contributed by atoms with van der Waals surface area (Å²) in [5, 5.41) is 9.62. The summed E-state index contributed by atoms with van der Waals surface area (Å²) >= 11 is 0. The average Bonchev–Trinajstić information content (AvgIpc) is 2.24. The Morgan fingerprint density at radius 3 is 2.14 bits per heavy atom. The van der Waals surface area contributed by atoms with Crippen LogP contribution < -0.4 is 5.73 Å². The molecule has 0 aliphatic carbocycles. The predicted molar refractivity (Wildman–Crippen MR) is 54.5 cm³/mol. The first-order chi connectivity index (χ1) is 6.22. The van der Waals surface area contributed by atoms with Crippen LogP contribution in [0.4, 0.5) is 4.79 Å². The first-order valence-corrected chi connectivity index (χ1v) is 5.07. The minimum atomic E-state index is -0.406. The predicted octanol–water partition coefficient (Wildman–Crippen LogP) is 0.834. The maximum Gasteiger partial charge on any atom is 0.414 e. The molecule has 1 fully saturated rings. The summed E-state index contributed by atoms with van der Waals surface area (Å²) in [7, 11) is 0. The molecule has 0 spiro atoms. The zero-order valence-corrected chi connectivity index (χ0v) is 9.45. The Kier molecular flexibility index (Phi) is 2.63. The van der Waals surface area contributed by atoms with Gasteiger partial charge in [-0.2, -0.15) is 0 Å². The van der Waals surface area contributed by atoms with Crippen molar-refractivity contribution in [2.24, 2.45) is 5.73 Å². The van der Waals surface area contributed by atoms with Crippen LogP contribution in [0, 0.1) is 0 Å². The molecule has 1 rings (SSSR count). The first kappa shape index (κ1) is 11.5. The van der Waals surface area contributed by atoms with Crippen LogP contribution in [-0.2, 0) is 0 Å². The molecule has 0 aromatic heterocycles. The fourth-order valence-corrected chi connectivity index (χ4v) is 2.73. The number of nitrogens with two attached hydrogens (primary N) is 1. The van der Waals surface area contributed by atoms with Crippen molar-refractivity contribution in [3.63, 3.8) is 0 Å². The van der Waals surface area contributed by atoms with Gasteiger partial charge in [-0.05, 0) is 27.7 Å². The van der Waals surface area contributed by atoms with E-state index in [1.165, 1.54) is 0 Å². The van der Waals surface area contributed by atoms with E-state index in [0.717, 1.165) is 0 Å². The fraction of sp³-hybridized carbons (Fsp3) is 0.900. The molecule has 4 nitrogen and oxygen atoms in total. The molecule has 1 aliphatic rings. The lowest BCUT2D eigenvalue weighted by Crippen LogP contribution is -2.67. The number of hydrogen-bond acceptors (Lipinski definition) is 2. The van der Waals surface area contributed by atoms with Gasteiger partial charge in [-0.25, -0.2) is 9.28 Å². The Balaban J connectivity index is 3.12. The van der Waals surface area contributed by atoms with Gasteiger partial charge in [0.1, 0.15) is 12.6 Å². The molecule has 2 amide bonds.